The third-order valence-electron chi connectivity index (χ3n) is 16.2. The van der Waals surface area contributed by atoms with Crippen molar-refractivity contribution in [3.05, 3.63) is 125 Å². The number of ether oxygens (including phenoxy) is 1. The lowest BCUT2D eigenvalue weighted by Gasteiger charge is -2.62. The van der Waals surface area contributed by atoms with Crippen molar-refractivity contribution in [1.82, 2.24) is 26.6 Å². The van der Waals surface area contributed by atoms with Gasteiger partial charge in [-0.2, -0.15) is 0 Å². The van der Waals surface area contributed by atoms with E-state index in [1.807, 2.05) is 36.4 Å². The number of alkyl halides is 1. The van der Waals surface area contributed by atoms with E-state index in [0.29, 0.717) is 41.6 Å². The fourth-order valence-corrected chi connectivity index (χ4v) is 12.3. The maximum absolute atomic E-state index is 17.6. The number of allylic oxidation sites excluding steroid dienone is 4. The number of nitrogens with zero attached hydrogens (tertiary/aromatic N) is 1. The van der Waals surface area contributed by atoms with Gasteiger partial charge in [0.25, 0.3) is 0 Å². The predicted molar refractivity (Wildman–Crippen MR) is 272 cm³/mol. The van der Waals surface area contributed by atoms with Crippen LogP contribution in [0.25, 0.3) is 0 Å². The molecule has 8 rings (SSSR count). The van der Waals surface area contributed by atoms with E-state index in [9.17, 15) is 48.6 Å². The van der Waals surface area contributed by atoms with Gasteiger partial charge in [-0.25, -0.2) is 4.39 Å². The van der Waals surface area contributed by atoms with Gasteiger partial charge in [0.1, 0.15) is 25.0 Å². The van der Waals surface area contributed by atoms with E-state index < -0.39 is 120 Å². The first-order valence-corrected chi connectivity index (χ1v) is 25.3. The summed E-state index contributed by atoms with van der Waals surface area (Å²) in [5, 5.41) is 36.3. The van der Waals surface area contributed by atoms with Crippen LogP contribution in [0.1, 0.15) is 81.5 Å². The van der Waals surface area contributed by atoms with Crippen molar-refractivity contribution in [1.29, 1.82) is 0 Å². The zero-order chi connectivity index (χ0) is 53.7. The van der Waals surface area contributed by atoms with Crippen LogP contribution >= 0.6 is 0 Å². The molecule has 5 aliphatic rings. The molecule has 4 aliphatic carbocycles. The van der Waals surface area contributed by atoms with E-state index in [1.165, 1.54) is 12.2 Å². The van der Waals surface area contributed by atoms with Gasteiger partial charge in [-0.05, 0) is 85.9 Å². The van der Waals surface area contributed by atoms with Gasteiger partial charge < -0.3 is 46.4 Å². The van der Waals surface area contributed by atoms with Crippen LogP contribution in [0.4, 0.5) is 10.1 Å². The molecule has 6 amide bonds. The van der Waals surface area contributed by atoms with Gasteiger partial charge in [0.15, 0.2) is 17.2 Å². The molecule has 0 bridgehead atoms. The predicted octanol–water partition coefficient (Wildman–Crippen LogP) is 2.80. The molecule has 3 saturated carbocycles. The summed E-state index contributed by atoms with van der Waals surface area (Å²) in [5.74, 6) is -0.113. The number of benzene rings is 3. The summed E-state index contributed by atoms with van der Waals surface area (Å²) >= 11 is 0. The fraction of sp³-hybridized carbons (Fsp3) is 0.439. The lowest BCUT2D eigenvalue weighted by molar-refractivity contribution is -0.220. The molecule has 17 nitrogen and oxygen atoms in total. The molecule has 1 aliphatic heterocycles. The number of ketones is 2. The van der Waals surface area contributed by atoms with Crippen LogP contribution in [0.2, 0.25) is 0 Å². The van der Waals surface area contributed by atoms with E-state index in [1.54, 1.807) is 74.2 Å². The Balaban J connectivity index is 0.771. The first-order chi connectivity index (χ1) is 35.8. The standard InChI is InChI=1S/C57H63FN6O11/c1-35-25-43-42-20-19-40-27-41(65)23-24-54(40,2)56(42,58)46(66)28-55(43,3)57(35,74)47(67)33-75-34-62-50(70)30-61-53(73)44(26-36-11-5-4-6-12-36)63-51(71)31-60-49(69)29-59-48(68)21-22-52(72)64-32-39-15-8-7-13-37(39)17-18-38-14-9-10-16-45(38)64/h4-16,23-24,27,35,42-44,46,66,74H,19-22,25-26,28-34H2,1-3H3,(H,59,68)(H,60,69)(H,61,73)(H,62,70)(H,63,71)/t35-,42+,43+,44+,46+,54+,55+,56+,57+/m1/s1. The van der Waals surface area contributed by atoms with Crippen molar-refractivity contribution in [2.24, 2.45) is 28.6 Å². The van der Waals surface area contributed by atoms with E-state index in [0.717, 1.165) is 11.1 Å². The number of hydrogen-bond acceptors (Lipinski definition) is 11. The molecule has 394 valence electrons. The largest absolute Gasteiger partial charge is 0.390 e. The zero-order valence-electron chi connectivity index (χ0n) is 42.2. The Kier molecular flexibility index (Phi) is 16.0. The Morgan fingerprint density at radius 2 is 1.47 bits per heavy atom. The quantitative estimate of drug-likeness (QED) is 0.0555. The molecule has 3 aromatic rings. The smallest absolute Gasteiger partial charge is 0.243 e. The monoisotopic (exact) mass is 1030 g/mol. The molecule has 0 unspecified atom stereocenters. The Morgan fingerprint density at radius 1 is 0.813 bits per heavy atom. The minimum absolute atomic E-state index is 0.0254. The highest BCUT2D eigenvalue weighted by molar-refractivity contribution is 6.01. The maximum atomic E-state index is 17.6. The van der Waals surface area contributed by atoms with Gasteiger partial charge in [0.2, 0.25) is 35.4 Å². The zero-order valence-corrected chi connectivity index (χ0v) is 42.2. The van der Waals surface area contributed by atoms with Crippen molar-refractivity contribution in [2.75, 3.05) is 37.9 Å². The number of para-hydroxylation sites is 1. The molecule has 7 N–H and O–H groups in total. The molecule has 9 atom stereocenters. The number of hydrogen-bond donors (Lipinski definition) is 7. The highest BCUT2D eigenvalue weighted by Gasteiger charge is 2.75. The number of rotatable bonds is 18. The van der Waals surface area contributed by atoms with Gasteiger partial charge in [0.05, 0.1) is 38.0 Å². The minimum atomic E-state index is -2.13. The average molecular weight is 1030 g/mol. The van der Waals surface area contributed by atoms with Crippen LogP contribution in [0, 0.1) is 40.4 Å². The highest BCUT2D eigenvalue weighted by atomic mass is 19.1. The molecule has 3 aromatic carbocycles. The van der Waals surface area contributed by atoms with E-state index in [4.69, 9.17) is 4.74 Å². The van der Waals surface area contributed by atoms with E-state index in [-0.39, 0.29) is 43.9 Å². The lowest BCUT2D eigenvalue weighted by atomic mass is 9.44. The van der Waals surface area contributed by atoms with Crippen molar-refractivity contribution >= 4 is 52.7 Å². The van der Waals surface area contributed by atoms with Gasteiger partial charge in [0, 0.05) is 47.1 Å². The first kappa shape index (κ1) is 53.9. The minimum Gasteiger partial charge on any atom is -0.390 e. The van der Waals surface area contributed by atoms with Crippen LogP contribution in [0.15, 0.2) is 103 Å². The fourth-order valence-electron chi connectivity index (χ4n) is 12.3. The van der Waals surface area contributed by atoms with Crippen LogP contribution in [0.5, 0.6) is 0 Å². The van der Waals surface area contributed by atoms with Crippen LogP contribution in [-0.2, 0) is 56.1 Å². The highest BCUT2D eigenvalue weighted by Crippen LogP contribution is 2.70. The number of carbonyl (C=O) groups is 8. The Labute approximate surface area is 434 Å². The van der Waals surface area contributed by atoms with Crippen LogP contribution < -0.4 is 31.5 Å². The van der Waals surface area contributed by atoms with Crippen molar-refractivity contribution in [3.8, 4) is 11.8 Å². The summed E-state index contributed by atoms with van der Waals surface area (Å²) in [6.07, 6.45) is 3.37. The molecule has 0 spiro atoms. The van der Waals surface area contributed by atoms with Gasteiger partial charge in [-0.1, -0.05) is 98.0 Å². The van der Waals surface area contributed by atoms with Crippen molar-refractivity contribution < 1.29 is 57.7 Å². The second kappa shape index (κ2) is 22.3. The molecule has 75 heavy (non-hydrogen) atoms. The van der Waals surface area contributed by atoms with Gasteiger partial charge in [-0.3, -0.25) is 38.4 Å². The second-order valence-corrected chi connectivity index (χ2v) is 20.7. The van der Waals surface area contributed by atoms with E-state index in [2.05, 4.69) is 38.4 Å². The van der Waals surface area contributed by atoms with Crippen LogP contribution in [0.3, 0.4) is 0 Å². The Morgan fingerprint density at radius 3 is 2.24 bits per heavy atom. The normalized spacial score (nSPS) is 27.3. The lowest BCUT2D eigenvalue weighted by Crippen LogP contribution is -2.69. The van der Waals surface area contributed by atoms with Crippen molar-refractivity contribution in [3.63, 3.8) is 0 Å². The second-order valence-electron chi connectivity index (χ2n) is 20.7. The third kappa shape index (κ3) is 10.8. The number of nitrogens with one attached hydrogen (secondary N) is 5. The number of aliphatic hydroxyl groups excluding tert-OH is 1. The number of anilines is 1. The molecule has 0 radical (unpaired) electrons. The molecule has 18 heteroatoms. The van der Waals surface area contributed by atoms with E-state index >= 15 is 4.39 Å². The number of fused-ring (bicyclic) bond motifs is 7. The molecule has 0 aromatic heterocycles. The summed E-state index contributed by atoms with van der Waals surface area (Å²) in [7, 11) is 0. The SMILES string of the molecule is C[C@@H]1C[C@H]2[C@@H]3CCC4=CC(=O)C=C[C@]4(C)[C@@]3(F)[C@@H](O)C[C@]2(C)[C@@]1(O)C(=O)COCNC(=O)CNC(=O)[C@H](Cc1ccccc1)NC(=O)CNC(=O)CNC(=O)CCC(=O)N1Cc2ccccc2C#Cc2ccccc21. The summed E-state index contributed by atoms with van der Waals surface area (Å²) in [5.41, 5.74) is -2.28. The summed E-state index contributed by atoms with van der Waals surface area (Å²) in [4.78, 5) is 106. The van der Waals surface area contributed by atoms with Crippen molar-refractivity contribution in [2.45, 2.75) is 95.7 Å². The summed E-state index contributed by atoms with van der Waals surface area (Å²) in [6, 6.07) is 22.4. The number of carbonyl (C=O) groups excluding carboxylic acids is 8. The Hall–Kier alpha value is -7.33. The third-order valence-corrected chi connectivity index (χ3v) is 16.2. The molecular weight excluding hydrogens is 964 g/mol. The molecule has 0 saturated heterocycles. The number of Topliss-reactive ketones (excluding diaryl/α,β-unsaturated/α-hetero) is 1. The summed E-state index contributed by atoms with van der Waals surface area (Å²) in [6.45, 7) is 2.75. The average Bonchev–Trinajstić information content (AvgIpc) is 3.69. The van der Waals surface area contributed by atoms with Gasteiger partial charge >= 0.3 is 0 Å². The molecule has 1 heterocycles. The van der Waals surface area contributed by atoms with Gasteiger partial charge in [-0.15, -0.1) is 0 Å². The number of aliphatic hydroxyl groups is 2. The van der Waals surface area contributed by atoms with Crippen LogP contribution in [-0.4, -0.2) is 114 Å². The topological polar surface area (TPSA) is 250 Å². The Bertz CT molecular complexity index is 2900. The first-order valence-electron chi connectivity index (χ1n) is 25.3. The molecule has 3 fully saturated rings. The summed E-state index contributed by atoms with van der Waals surface area (Å²) < 4.78 is 23.1. The number of halogens is 1. The molecular formula is C57H63FN6O11. The number of amides is 6. The maximum Gasteiger partial charge on any atom is 0.243 e.